The molecule has 0 aromatic carbocycles. The maximum absolute atomic E-state index is 13.3. The summed E-state index contributed by atoms with van der Waals surface area (Å²) in [6.45, 7) is 11.8. The zero-order valence-electron chi connectivity index (χ0n) is 18.5. The largest absolute Gasteiger partial charge is 0.443 e. The number of rotatable bonds is 6. The van der Waals surface area contributed by atoms with E-state index in [1.54, 1.807) is 25.3 Å². The highest BCUT2D eigenvalue weighted by molar-refractivity contribution is 7.20. The monoisotopic (exact) mass is 434 g/mol. The Balaban J connectivity index is 2.05. The van der Waals surface area contributed by atoms with Crippen LogP contribution in [0.5, 0.6) is 0 Å². The number of carbonyl (C=O) groups is 1. The smallest absolute Gasteiger partial charge is 0.428 e. The van der Waals surface area contributed by atoms with Crippen LogP contribution in [0.15, 0.2) is 14.7 Å². The Morgan fingerprint density at radius 2 is 2.00 bits per heavy atom. The lowest BCUT2D eigenvalue weighted by Gasteiger charge is -2.18. The van der Waals surface area contributed by atoms with Gasteiger partial charge >= 0.3 is 11.8 Å². The topological polar surface area (TPSA) is 94.7 Å². The van der Waals surface area contributed by atoms with Gasteiger partial charge in [-0.2, -0.15) is 5.10 Å². The quantitative estimate of drug-likeness (QED) is 0.554. The normalized spacial score (nSPS) is 15.7. The molecule has 0 bridgehead atoms. The maximum atomic E-state index is 13.3. The van der Waals surface area contributed by atoms with Crippen molar-refractivity contribution in [1.82, 2.24) is 14.6 Å². The molecule has 0 unspecified atom stereocenters. The van der Waals surface area contributed by atoms with Crippen molar-refractivity contribution >= 4 is 33.9 Å². The van der Waals surface area contributed by atoms with Crippen molar-refractivity contribution in [1.29, 1.82) is 0 Å². The summed E-state index contributed by atoms with van der Waals surface area (Å²) < 4.78 is 8.32. The first kappa shape index (κ1) is 22.3. The van der Waals surface area contributed by atoms with Crippen molar-refractivity contribution in [2.75, 3.05) is 0 Å². The molecule has 30 heavy (non-hydrogen) atoms. The molecule has 0 aliphatic heterocycles. The number of nitrogens with zero attached hydrogens (tertiary/aromatic N) is 3. The number of thiophene rings is 1. The van der Waals surface area contributed by atoms with Gasteiger partial charge in [0, 0.05) is 6.54 Å². The summed E-state index contributed by atoms with van der Waals surface area (Å²) in [5.74, 6) is 0. The zero-order valence-corrected chi connectivity index (χ0v) is 19.3. The highest BCUT2D eigenvalue weighted by Gasteiger charge is 2.42. The van der Waals surface area contributed by atoms with E-state index in [1.165, 1.54) is 22.1 Å². The van der Waals surface area contributed by atoms with Gasteiger partial charge in [-0.1, -0.05) is 13.3 Å². The lowest BCUT2D eigenvalue weighted by molar-refractivity contribution is 0.0529. The molecule has 2 aromatic heterocycles. The number of unbranched alkanes of at least 4 members (excludes halogenated alkanes) is 1. The van der Waals surface area contributed by atoms with Crippen LogP contribution in [0.25, 0.3) is 10.2 Å². The Labute approximate surface area is 179 Å². The predicted molar refractivity (Wildman–Crippen MR) is 120 cm³/mol. The van der Waals surface area contributed by atoms with Crippen molar-refractivity contribution < 1.29 is 9.53 Å². The molecule has 1 N–H and O–H groups in total. The fraction of sp³-hybridized carbons (Fsp3) is 0.619. The highest BCUT2D eigenvalue weighted by Crippen LogP contribution is 2.41. The molecule has 3 rings (SSSR count). The molecular formula is C21H30N4O4S. The van der Waals surface area contributed by atoms with Crippen LogP contribution in [-0.4, -0.2) is 27.0 Å². The minimum Gasteiger partial charge on any atom is -0.443 e. The number of fused-ring (bicyclic) bond motifs is 1. The molecule has 1 aliphatic rings. The van der Waals surface area contributed by atoms with Crippen LogP contribution in [0.3, 0.4) is 0 Å². The fourth-order valence-electron chi connectivity index (χ4n) is 3.33. The Morgan fingerprint density at radius 1 is 1.33 bits per heavy atom. The van der Waals surface area contributed by atoms with Gasteiger partial charge in [0.1, 0.15) is 10.4 Å². The number of aromatic nitrogens is 2. The van der Waals surface area contributed by atoms with Crippen molar-refractivity contribution in [2.45, 2.75) is 84.9 Å². The van der Waals surface area contributed by atoms with E-state index in [0.29, 0.717) is 16.8 Å². The molecule has 1 fully saturated rings. The van der Waals surface area contributed by atoms with E-state index in [0.717, 1.165) is 36.1 Å². The summed E-state index contributed by atoms with van der Waals surface area (Å²) in [6, 6.07) is 0. The van der Waals surface area contributed by atoms with Gasteiger partial charge in [-0.3, -0.25) is 13.9 Å². The summed E-state index contributed by atoms with van der Waals surface area (Å²) in [5.41, 5.74) is 1.62. The van der Waals surface area contributed by atoms with Crippen molar-refractivity contribution in [2.24, 2.45) is 5.10 Å². The Morgan fingerprint density at radius 3 is 2.57 bits per heavy atom. The second kappa shape index (κ2) is 8.02. The third-order valence-corrected chi connectivity index (χ3v) is 6.48. The van der Waals surface area contributed by atoms with Gasteiger partial charge in [0.25, 0.3) is 5.56 Å². The number of carbonyl (C=O) groups excluding carboxylic acids is 1. The van der Waals surface area contributed by atoms with E-state index >= 15 is 0 Å². The highest BCUT2D eigenvalue weighted by atomic mass is 32.1. The van der Waals surface area contributed by atoms with E-state index in [-0.39, 0.29) is 11.2 Å². The second-order valence-electron chi connectivity index (χ2n) is 9.07. The number of nitrogens with one attached hydrogen (secondary N) is 1. The standard InChI is InChI=1S/C21H30N4O4S/c1-7-8-11-24-17-15(16(26)25(19(24)28)21(6)9-10-21)13(2)14(30-17)12-22-23-18(27)29-20(3,4)5/h12H,7-11H2,1-6H3,(H,23,27). The number of aryl methyl sites for hydroxylation is 2. The molecule has 8 nitrogen and oxygen atoms in total. The summed E-state index contributed by atoms with van der Waals surface area (Å²) >= 11 is 1.34. The van der Waals surface area contributed by atoms with Gasteiger partial charge < -0.3 is 4.74 Å². The van der Waals surface area contributed by atoms with Crippen molar-refractivity contribution in [3.63, 3.8) is 0 Å². The molecule has 0 saturated heterocycles. The molecule has 2 heterocycles. The van der Waals surface area contributed by atoms with Crippen LogP contribution in [0.2, 0.25) is 0 Å². The molecule has 9 heteroatoms. The first-order valence-electron chi connectivity index (χ1n) is 10.3. The number of hydrogen-bond acceptors (Lipinski definition) is 6. The number of amides is 1. The zero-order chi connectivity index (χ0) is 22.3. The van der Waals surface area contributed by atoms with Crippen LogP contribution in [0, 0.1) is 6.92 Å². The van der Waals surface area contributed by atoms with E-state index < -0.39 is 17.2 Å². The van der Waals surface area contributed by atoms with Crippen molar-refractivity contribution in [3.8, 4) is 0 Å². The maximum Gasteiger partial charge on any atom is 0.428 e. The minimum atomic E-state index is -0.651. The van der Waals surface area contributed by atoms with E-state index in [1.807, 2.05) is 13.8 Å². The number of hydrogen-bond donors (Lipinski definition) is 1. The van der Waals surface area contributed by atoms with E-state index in [2.05, 4.69) is 17.5 Å². The fourth-order valence-corrected chi connectivity index (χ4v) is 4.52. The second-order valence-corrected chi connectivity index (χ2v) is 10.1. The molecule has 0 spiro atoms. The molecule has 0 radical (unpaired) electrons. The molecule has 0 atom stereocenters. The molecule has 1 aliphatic carbocycles. The lowest BCUT2D eigenvalue weighted by atomic mass is 10.2. The third-order valence-electron chi connectivity index (χ3n) is 5.23. The average Bonchev–Trinajstić information content (AvgIpc) is 3.27. The summed E-state index contributed by atoms with van der Waals surface area (Å²) in [4.78, 5) is 39.6. The van der Waals surface area contributed by atoms with Crippen LogP contribution < -0.4 is 16.7 Å². The van der Waals surface area contributed by atoms with Crippen LogP contribution in [-0.2, 0) is 16.8 Å². The first-order chi connectivity index (χ1) is 14.0. The number of ether oxygens (including phenoxy) is 1. The van der Waals surface area contributed by atoms with Crippen molar-refractivity contribution in [3.05, 3.63) is 31.3 Å². The first-order valence-corrected chi connectivity index (χ1v) is 11.1. The molecule has 1 amide bonds. The van der Waals surface area contributed by atoms with Crippen LogP contribution >= 0.6 is 11.3 Å². The average molecular weight is 435 g/mol. The lowest BCUT2D eigenvalue weighted by Crippen LogP contribution is -2.44. The van der Waals surface area contributed by atoms with Gasteiger partial charge in [0.05, 0.1) is 22.0 Å². The molecule has 2 aromatic rings. The third kappa shape index (κ3) is 4.35. The Hall–Kier alpha value is -2.42. The summed E-state index contributed by atoms with van der Waals surface area (Å²) in [6.07, 6.45) is 4.31. The van der Waals surface area contributed by atoms with Gasteiger partial charge in [0.2, 0.25) is 0 Å². The van der Waals surface area contributed by atoms with Gasteiger partial charge in [-0.05, 0) is 59.4 Å². The Kier molecular flexibility index (Phi) is 5.95. The SMILES string of the molecule is CCCCn1c(=O)n(C2(C)CC2)c(=O)c2c(C)c(C=NNC(=O)OC(C)(C)C)sc21. The summed E-state index contributed by atoms with van der Waals surface area (Å²) in [5, 5.41) is 4.53. The van der Waals surface area contributed by atoms with E-state index in [9.17, 15) is 14.4 Å². The Bertz CT molecular complexity index is 1110. The number of hydrazone groups is 1. The summed E-state index contributed by atoms with van der Waals surface area (Å²) in [7, 11) is 0. The van der Waals surface area contributed by atoms with Gasteiger partial charge in [-0.25, -0.2) is 15.0 Å². The predicted octanol–water partition coefficient (Wildman–Crippen LogP) is 3.70. The minimum absolute atomic E-state index is 0.238. The van der Waals surface area contributed by atoms with Crippen LogP contribution in [0.1, 0.15) is 70.7 Å². The molecular weight excluding hydrogens is 404 g/mol. The molecule has 1 saturated carbocycles. The van der Waals surface area contributed by atoms with E-state index in [4.69, 9.17) is 4.74 Å². The van der Waals surface area contributed by atoms with Gasteiger partial charge in [-0.15, -0.1) is 11.3 Å². The molecule has 164 valence electrons. The van der Waals surface area contributed by atoms with Crippen LogP contribution in [0.4, 0.5) is 4.79 Å². The van der Waals surface area contributed by atoms with Gasteiger partial charge in [0.15, 0.2) is 0 Å².